The summed E-state index contributed by atoms with van der Waals surface area (Å²) in [6.45, 7) is 1.91. The summed E-state index contributed by atoms with van der Waals surface area (Å²) >= 11 is 1.99. The number of thiazole rings is 1. The molecule has 0 radical (unpaired) electrons. The van der Waals surface area contributed by atoms with Gasteiger partial charge in [-0.3, -0.25) is 4.79 Å². The Morgan fingerprint density at radius 1 is 1.25 bits per heavy atom. The van der Waals surface area contributed by atoms with Crippen molar-refractivity contribution < 1.29 is 9.52 Å². The van der Waals surface area contributed by atoms with E-state index in [-0.39, 0.29) is 16.0 Å². The van der Waals surface area contributed by atoms with Crippen LogP contribution in [0.25, 0.3) is 21.2 Å². The summed E-state index contributed by atoms with van der Waals surface area (Å²) in [5, 5.41) is 10.8. The van der Waals surface area contributed by atoms with Crippen LogP contribution in [0, 0.1) is 6.92 Å². The van der Waals surface area contributed by atoms with Crippen molar-refractivity contribution in [3.05, 3.63) is 70.1 Å². The molecule has 1 N–H and O–H groups in total. The number of hydrogen-bond acceptors (Lipinski definition) is 4. The molecule has 4 nitrogen and oxygen atoms in total. The zero-order chi connectivity index (χ0) is 16.7. The van der Waals surface area contributed by atoms with Gasteiger partial charge in [-0.25, -0.2) is 4.98 Å². The third kappa shape index (κ3) is 2.69. The van der Waals surface area contributed by atoms with Gasteiger partial charge in [-0.15, -0.1) is 22.7 Å². The van der Waals surface area contributed by atoms with E-state index >= 15 is 0 Å². The van der Waals surface area contributed by atoms with Crippen LogP contribution in [0.15, 0.2) is 62.3 Å². The van der Waals surface area contributed by atoms with E-state index in [0.717, 1.165) is 20.1 Å². The first-order chi connectivity index (χ1) is 11.6. The van der Waals surface area contributed by atoms with Gasteiger partial charge in [-0.05, 0) is 31.2 Å². The van der Waals surface area contributed by atoms with Crippen LogP contribution in [0.2, 0.25) is 0 Å². The van der Waals surface area contributed by atoms with Gasteiger partial charge < -0.3 is 9.52 Å². The summed E-state index contributed by atoms with van der Waals surface area (Å²) in [7, 11) is 0. The first-order valence-corrected chi connectivity index (χ1v) is 8.99. The van der Waals surface area contributed by atoms with Crippen LogP contribution >= 0.6 is 22.7 Å². The van der Waals surface area contributed by atoms with Gasteiger partial charge in [0.05, 0.1) is 21.2 Å². The molecule has 6 heteroatoms. The molecule has 0 bridgehead atoms. The highest BCUT2D eigenvalue weighted by atomic mass is 32.2. The second-order valence-corrected chi connectivity index (χ2v) is 7.78. The largest absolute Gasteiger partial charge is 0.463 e. The minimum absolute atomic E-state index is 0.0498. The molecule has 2 heterocycles. The Bertz CT molecular complexity index is 1120. The molecule has 0 spiro atoms. The minimum atomic E-state index is -0.230. The molecular weight excluding hydrogens is 342 g/mol. The fourth-order valence-electron chi connectivity index (χ4n) is 2.46. The predicted molar refractivity (Wildman–Crippen MR) is 101 cm³/mol. The molecule has 4 rings (SSSR count). The van der Waals surface area contributed by atoms with Crippen LogP contribution in [0.5, 0.6) is 0 Å². The lowest BCUT2D eigenvalue weighted by molar-refractivity contribution is 0.558. The number of aromatic nitrogens is 1. The van der Waals surface area contributed by atoms with Crippen LogP contribution in [0.1, 0.15) is 11.1 Å². The molecule has 0 saturated heterocycles. The van der Waals surface area contributed by atoms with Crippen molar-refractivity contribution in [1.29, 1.82) is 0 Å². The van der Waals surface area contributed by atoms with Gasteiger partial charge in [-0.2, -0.15) is 0 Å². The van der Waals surface area contributed by atoms with Crippen molar-refractivity contribution in [2.24, 2.45) is 0 Å². The Balaban J connectivity index is 1.83. The van der Waals surface area contributed by atoms with E-state index in [4.69, 9.17) is 4.42 Å². The molecule has 0 amide bonds. The Hall–Kier alpha value is -2.28. The minimum Gasteiger partial charge on any atom is -0.463 e. The summed E-state index contributed by atoms with van der Waals surface area (Å²) in [6, 6.07) is 13.2. The molecule has 0 aliphatic carbocycles. The van der Waals surface area contributed by atoms with Gasteiger partial charge in [0.1, 0.15) is 21.2 Å². The molecule has 0 saturated carbocycles. The van der Waals surface area contributed by atoms with Gasteiger partial charge >= 0.3 is 0 Å². The van der Waals surface area contributed by atoms with Gasteiger partial charge in [0.25, 0.3) is 0 Å². The van der Waals surface area contributed by atoms with Crippen LogP contribution in [0.3, 0.4) is 0 Å². The number of nitrogens with zero attached hydrogens (tertiary/aromatic N) is 1. The van der Waals surface area contributed by atoms with Crippen LogP contribution in [-0.2, 0) is 0 Å². The number of para-hydroxylation sites is 1. The molecule has 120 valence electrons. The summed E-state index contributed by atoms with van der Waals surface area (Å²) < 4.78 is 7.28. The van der Waals surface area contributed by atoms with Crippen molar-refractivity contribution >= 4 is 48.9 Å². The summed E-state index contributed by atoms with van der Waals surface area (Å²) in [4.78, 5) is 17.1. The number of rotatable bonds is 2. The summed E-state index contributed by atoms with van der Waals surface area (Å²) in [5.74, 6) is 0. The Labute approximate surface area is 145 Å². The lowest BCUT2D eigenvalue weighted by Gasteiger charge is -2.02. The van der Waals surface area contributed by atoms with Gasteiger partial charge in [0.15, 0.2) is 0 Å². The lowest BCUT2D eigenvalue weighted by Crippen LogP contribution is -2.14. The number of fused-ring (bicyclic) bond motifs is 2. The quantitative estimate of drug-likeness (QED) is 0.416. The third-order valence-corrected chi connectivity index (χ3v) is 5.78. The summed E-state index contributed by atoms with van der Waals surface area (Å²) in [5.41, 5.74) is 2.31. The zero-order valence-electron chi connectivity index (χ0n) is 12.7. The van der Waals surface area contributed by atoms with Crippen molar-refractivity contribution in [2.45, 2.75) is 11.3 Å². The standard InChI is InChI=1S/C18H13NO3S2/c1-10-6-7-14-11(8-10)16(20)12(9-22-14)17(21)24-18-19-13-4-2-3-5-15(13)23-18/h2-9,21,24H,1H3. The van der Waals surface area contributed by atoms with Crippen molar-refractivity contribution in [1.82, 2.24) is 4.98 Å². The molecule has 2 aromatic carbocycles. The fraction of sp³-hybridized carbons (Fsp3) is 0.0556. The number of hydrogen-bond donors (Lipinski definition) is 2. The van der Waals surface area contributed by atoms with E-state index < -0.39 is 0 Å². The number of aliphatic hydroxyl groups is 1. The second kappa shape index (κ2) is 5.98. The normalized spacial score (nSPS) is 12.5. The highest BCUT2D eigenvalue weighted by molar-refractivity contribution is 8.00. The molecule has 0 aliphatic heterocycles. The lowest BCUT2D eigenvalue weighted by atomic mass is 10.1. The smallest absolute Gasteiger partial charge is 0.203 e. The van der Waals surface area contributed by atoms with Gasteiger partial charge in [0.2, 0.25) is 5.43 Å². The fourth-order valence-corrected chi connectivity index (χ4v) is 4.51. The van der Waals surface area contributed by atoms with Crippen molar-refractivity contribution in [3.8, 4) is 0 Å². The molecule has 4 aromatic rings. The average molecular weight is 355 g/mol. The molecule has 0 unspecified atom stereocenters. The maximum Gasteiger partial charge on any atom is 0.203 e. The maximum atomic E-state index is 12.6. The SMILES string of the molecule is Cc1ccc2occ(C(O)=[SH]c3nc4ccccc4s3)c(=O)c2c1. The monoisotopic (exact) mass is 355 g/mol. The molecular formula is C18H13NO3S2. The van der Waals surface area contributed by atoms with Crippen molar-refractivity contribution in [3.63, 3.8) is 0 Å². The Morgan fingerprint density at radius 2 is 2.08 bits per heavy atom. The first-order valence-electron chi connectivity index (χ1n) is 7.27. The molecule has 0 fully saturated rings. The van der Waals surface area contributed by atoms with Gasteiger partial charge in [-0.1, -0.05) is 23.8 Å². The number of aryl methyl sites for hydroxylation is 1. The number of benzene rings is 2. The van der Waals surface area contributed by atoms with E-state index in [2.05, 4.69) is 4.98 Å². The first kappa shape index (κ1) is 15.3. The van der Waals surface area contributed by atoms with Gasteiger partial charge in [0, 0.05) is 0 Å². The van der Waals surface area contributed by atoms with Crippen LogP contribution in [-0.4, -0.2) is 15.1 Å². The van der Waals surface area contributed by atoms with E-state index in [1.54, 1.807) is 12.1 Å². The zero-order valence-corrected chi connectivity index (χ0v) is 14.4. The average Bonchev–Trinajstić information content (AvgIpc) is 2.97. The Morgan fingerprint density at radius 3 is 2.92 bits per heavy atom. The van der Waals surface area contributed by atoms with Crippen LogP contribution in [0.4, 0.5) is 0 Å². The maximum absolute atomic E-state index is 12.6. The molecule has 24 heavy (non-hydrogen) atoms. The highest BCUT2D eigenvalue weighted by Crippen LogP contribution is 2.27. The number of aliphatic hydroxyl groups excluding tert-OH is 1. The topological polar surface area (TPSA) is 63.3 Å². The highest BCUT2D eigenvalue weighted by Gasteiger charge is 2.11. The van der Waals surface area contributed by atoms with E-state index in [1.807, 2.05) is 37.3 Å². The van der Waals surface area contributed by atoms with E-state index in [0.29, 0.717) is 22.3 Å². The predicted octanol–water partition coefficient (Wildman–Crippen LogP) is 4.27. The summed E-state index contributed by atoms with van der Waals surface area (Å²) in [6.07, 6.45) is 1.32. The molecule has 0 atom stereocenters. The number of thiol groups is 1. The van der Waals surface area contributed by atoms with Crippen LogP contribution < -0.4 is 5.43 Å². The molecule has 0 aliphatic rings. The van der Waals surface area contributed by atoms with E-state index in [9.17, 15) is 9.90 Å². The van der Waals surface area contributed by atoms with E-state index in [1.165, 1.54) is 17.6 Å². The van der Waals surface area contributed by atoms with Crippen molar-refractivity contribution in [2.75, 3.05) is 0 Å². The third-order valence-electron chi connectivity index (χ3n) is 3.65. The molecule has 2 aromatic heterocycles. The Kier molecular flexibility index (Phi) is 3.80. The second-order valence-electron chi connectivity index (χ2n) is 5.38.